The Morgan fingerprint density at radius 2 is 1.09 bits per heavy atom. The lowest BCUT2D eigenvalue weighted by molar-refractivity contribution is 0.0673. The van der Waals surface area contributed by atoms with Gasteiger partial charge in [-0.1, -0.05) is 27.7 Å². The van der Waals surface area contributed by atoms with E-state index in [1.54, 1.807) is 0 Å². The maximum atomic E-state index is 12.4. The molecular formula is C10H20O5P2S5. The average Bonchev–Trinajstić information content (AvgIpc) is 2.38. The van der Waals surface area contributed by atoms with E-state index in [1.165, 1.54) is 0 Å². The van der Waals surface area contributed by atoms with Gasteiger partial charge in [-0.05, 0) is 23.6 Å². The van der Waals surface area contributed by atoms with Gasteiger partial charge in [0.25, 0.3) is 11.4 Å². The Kier molecular flexibility index (Phi) is 6.75. The molecule has 22 heavy (non-hydrogen) atoms. The Hall–Kier alpha value is 1.99. The predicted molar refractivity (Wildman–Crippen MR) is 103 cm³/mol. The molecule has 0 saturated carbocycles. The summed E-state index contributed by atoms with van der Waals surface area (Å²) in [4.78, 5) is 0. The third kappa shape index (κ3) is 6.06. The molecule has 0 aliphatic carbocycles. The van der Waals surface area contributed by atoms with Crippen LogP contribution in [0.15, 0.2) is 0 Å². The smallest absolute Gasteiger partial charge is 0.261 e. The van der Waals surface area contributed by atoms with Crippen molar-refractivity contribution in [3.8, 4) is 0 Å². The molecule has 0 radical (unpaired) electrons. The maximum Gasteiger partial charge on any atom is 0.261 e. The number of rotatable bonds is 4. The van der Waals surface area contributed by atoms with E-state index in [0.29, 0.717) is 26.4 Å². The molecule has 0 unspecified atom stereocenters. The lowest BCUT2D eigenvalue weighted by Gasteiger charge is -2.36. The van der Waals surface area contributed by atoms with Gasteiger partial charge >= 0.3 is 0 Å². The van der Waals surface area contributed by atoms with Crippen LogP contribution in [0.25, 0.3) is 0 Å². The summed E-state index contributed by atoms with van der Waals surface area (Å²) in [5.41, 5.74) is -5.30. The summed E-state index contributed by atoms with van der Waals surface area (Å²) in [5.74, 6) is 0. The molecule has 0 atom stereocenters. The monoisotopic (exact) mass is 442 g/mol. The minimum atomic E-state index is -2.58. The molecule has 2 aliphatic heterocycles. The SMILES string of the molecule is CC1(C)COP(=S)(SS(=O)SP2(=S)OCC(C)(C)CO2)OC1. The van der Waals surface area contributed by atoms with Crippen molar-refractivity contribution in [1.29, 1.82) is 0 Å². The zero-order chi connectivity index (χ0) is 16.6. The predicted octanol–water partition coefficient (Wildman–Crippen LogP) is 4.63. The molecule has 0 amide bonds. The average molecular weight is 443 g/mol. The van der Waals surface area contributed by atoms with Gasteiger partial charge in [0.2, 0.25) is 0 Å². The zero-order valence-electron chi connectivity index (χ0n) is 12.8. The molecule has 0 N–H and O–H groups in total. The Bertz CT molecular complexity index is 478. The summed E-state index contributed by atoms with van der Waals surface area (Å²) in [5, 5.41) is 0. The third-order valence-electron chi connectivity index (χ3n) is 2.76. The van der Waals surface area contributed by atoms with Crippen molar-refractivity contribution >= 4 is 64.7 Å². The van der Waals surface area contributed by atoms with Crippen LogP contribution in [0.4, 0.5) is 0 Å². The van der Waals surface area contributed by atoms with Crippen LogP contribution in [0.5, 0.6) is 0 Å². The molecule has 2 rings (SSSR count). The summed E-state index contributed by atoms with van der Waals surface area (Å²) in [6.45, 7) is 10.2. The van der Waals surface area contributed by atoms with Crippen molar-refractivity contribution in [1.82, 2.24) is 0 Å². The second-order valence-corrected chi connectivity index (χ2v) is 23.4. The van der Waals surface area contributed by atoms with Crippen LogP contribution in [0.3, 0.4) is 0 Å². The highest BCUT2D eigenvalue weighted by Gasteiger charge is 2.39. The van der Waals surface area contributed by atoms with Gasteiger partial charge < -0.3 is 18.1 Å². The van der Waals surface area contributed by atoms with E-state index in [4.69, 9.17) is 41.7 Å². The van der Waals surface area contributed by atoms with Crippen molar-refractivity contribution < 1.29 is 22.3 Å². The van der Waals surface area contributed by atoms with Crippen LogP contribution in [0, 0.1) is 10.8 Å². The highest BCUT2D eigenvalue weighted by Crippen LogP contribution is 2.72. The Labute approximate surface area is 151 Å². The second-order valence-electron chi connectivity index (χ2n) is 6.67. The van der Waals surface area contributed by atoms with Gasteiger partial charge in [0.05, 0.1) is 26.4 Å². The molecule has 0 bridgehead atoms. The first kappa shape index (κ1) is 20.3. The van der Waals surface area contributed by atoms with Crippen molar-refractivity contribution in [2.45, 2.75) is 27.7 Å². The molecule has 0 spiro atoms. The second kappa shape index (κ2) is 7.31. The standard InChI is InChI=1S/C10H20O5P2S5/c1-9(2)5-12-16(18,13-6-9)20-22(11)21-17(19)14-7-10(3,4)8-15-17/h5-8H2,1-4H3. The number of hydrogen-bond acceptors (Lipinski definition) is 9. The molecule has 0 aromatic heterocycles. The summed E-state index contributed by atoms with van der Waals surface area (Å²) in [6, 6.07) is 0. The topological polar surface area (TPSA) is 54.0 Å². The summed E-state index contributed by atoms with van der Waals surface area (Å²) >= 11 is 10.8. The van der Waals surface area contributed by atoms with Crippen LogP contribution in [0.1, 0.15) is 27.7 Å². The van der Waals surface area contributed by atoms with Crippen molar-refractivity contribution in [3.05, 3.63) is 0 Å². The molecular weight excluding hydrogens is 422 g/mol. The Morgan fingerprint density at radius 1 is 0.818 bits per heavy atom. The van der Waals surface area contributed by atoms with Gasteiger partial charge in [-0.3, -0.25) is 0 Å². The summed E-state index contributed by atoms with van der Waals surface area (Å²) in [7, 11) is 0.647. The first-order valence-electron chi connectivity index (χ1n) is 6.53. The van der Waals surface area contributed by atoms with Crippen LogP contribution >= 0.6 is 32.2 Å². The molecule has 2 heterocycles. The van der Waals surface area contributed by atoms with Gasteiger partial charge in [-0.2, -0.15) is 0 Å². The normalized spacial score (nSPS) is 29.3. The third-order valence-corrected chi connectivity index (χ3v) is 21.6. The molecule has 0 aromatic carbocycles. The zero-order valence-corrected chi connectivity index (χ0v) is 18.7. The fourth-order valence-electron chi connectivity index (χ4n) is 1.42. The highest BCUT2D eigenvalue weighted by molar-refractivity contribution is 9.25. The lowest BCUT2D eigenvalue weighted by atomic mass is 9.97. The highest BCUT2D eigenvalue weighted by atomic mass is 33.7. The number of hydrogen-bond donors (Lipinski definition) is 0. The Morgan fingerprint density at radius 3 is 1.36 bits per heavy atom. The summed E-state index contributed by atoms with van der Waals surface area (Å²) < 4.78 is 35.0. The maximum absolute atomic E-state index is 12.4. The van der Waals surface area contributed by atoms with Crippen LogP contribution < -0.4 is 0 Å². The van der Waals surface area contributed by atoms with Crippen LogP contribution in [-0.4, -0.2) is 30.6 Å². The van der Waals surface area contributed by atoms with Gasteiger partial charge in [0.15, 0.2) is 8.86 Å². The molecule has 2 fully saturated rings. The quantitative estimate of drug-likeness (QED) is 0.458. The van der Waals surface area contributed by atoms with E-state index in [9.17, 15) is 4.21 Å². The van der Waals surface area contributed by atoms with Gasteiger partial charge in [0, 0.05) is 31.7 Å². The van der Waals surface area contributed by atoms with E-state index < -0.39 is 20.3 Å². The lowest BCUT2D eigenvalue weighted by Crippen LogP contribution is -2.29. The summed E-state index contributed by atoms with van der Waals surface area (Å²) in [6.07, 6.45) is 0. The molecule has 12 heteroatoms. The van der Waals surface area contributed by atoms with Gasteiger partial charge in [0.1, 0.15) is 0 Å². The molecule has 130 valence electrons. The first-order valence-corrected chi connectivity index (χ1v) is 16.8. The van der Waals surface area contributed by atoms with Crippen molar-refractivity contribution in [3.63, 3.8) is 0 Å². The van der Waals surface area contributed by atoms with E-state index in [-0.39, 0.29) is 10.8 Å². The van der Waals surface area contributed by atoms with E-state index in [2.05, 4.69) is 0 Å². The molecule has 0 aromatic rings. The van der Waals surface area contributed by atoms with Crippen LogP contribution in [-0.2, 0) is 50.6 Å². The molecule has 5 nitrogen and oxygen atoms in total. The van der Waals surface area contributed by atoms with Crippen molar-refractivity contribution in [2.24, 2.45) is 10.8 Å². The first-order chi connectivity index (χ1) is 9.93. The Balaban J connectivity index is 1.88. The minimum Gasteiger partial charge on any atom is -0.320 e. The van der Waals surface area contributed by atoms with Gasteiger partial charge in [-0.15, -0.1) is 0 Å². The van der Waals surface area contributed by atoms with Crippen molar-refractivity contribution in [2.75, 3.05) is 26.4 Å². The minimum absolute atomic E-state index is 0.0646. The van der Waals surface area contributed by atoms with E-state index in [1.807, 2.05) is 27.7 Å². The molecule has 2 saturated heterocycles. The van der Waals surface area contributed by atoms with Gasteiger partial charge in [-0.25, -0.2) is 4.21 Å². The van der Waals surface area contributed by atoms with E-state index >= 15 is 0 Å². The fourth-order valence-corrected chi connectivity index (χ4v) is 23.7. The van der Waals surface area contributed by atoms with Crippen LogP contribution in [0.2, 0.25) is 0 Å². The largest absolute Gasteiger partial charge is 0.320 e. The molecule has 2 aliphatic rings. The van der Waals surface area contributed by atoms with E-state index in [0.717, 1.165) is 20.8 Å². The fraction of sp³-hybridized carbons (Fsp3) is 1.00.